The molecule has 1 unspecified atom stereocenters. The van der Waals surface area contributed by atoms with Crippen molar-refractivity contribution in [3.05, 3.63) is 0 Å². The average molecular weight is 807 g/mol. The first kappa shape index (κ1) is 55.9. The van der Waals surface area contributed by atoms with Crippen molar-refractivity contribution in [1.82, 2.24) is 20.9 Å². The van der Waals surface area contributed by atoms with Gasteiger partial charge in [-0.15, -0.1) is 0 Å². The molecule has 8 nitrogen and oxygen atoms in total. The quantitative estimate of drug-likeness (QED) is 0.0388. The van der Waals surface area contributed by atoms with Gasteiger partial charge in [0.05, 0.1) is 12.6 Å². The number of amides is 2. The van der Waals surface area contributed by atoms with Crippen molar-refractivity contribution in [2.75, 3.05) is 52.4 Å². The van der Waals surface area contributed by atoms with Crippen molar-refractivity contribution in [2.45, 2.75) is 251 Å². The highest BCUT2D eigenvalue weighted by Crippen LogP contribution is 2.16. The molecule has 57 heavy (non-hydrogen) atoms. The fraction of sp³-hybridized carbons (Fsp3) is 0.959. The van der Waals surface area contributed by atoms with E-state index in [1.165, 1.54) is 193 Å². The minimum atomic E-state index is -0.383. The summed E-state index contributed by atoms with van der Waals surface area (Å²) in [5.74, 6) is -0.372. The van der Waals surface area contributed by atoms with Gasteiger partial charge in [0.2, 0.25) is 11.8 Å². The minimum Gasteiger partial charge on any atom is -0.330 e. The molecule has 0 aliphatic heterocycles. The monoisotopic (exact) mass is 807 g/mol. The predicted molar refractivity (Wildman–Crippen MR) is 250 cm³/mol. The molecule has 0 radical (unpaired) electrons. The minimum absolute atomic E-state index is 0.167. The Morgan fingerprint density at radius 2 is 0.772 bits per heavy atom. The van der Waals surface area contributed by atoms with Gasteiger partial charge < -0.3 is 22.1 Å². The van der Waals surface area contributed by atoms with E-state index in [0.717, 1.165) is 58.3 Å². The van der Waals surface area contributed by atoms with Crippen molar-refractivity contribution < 1.29 is 9.59 Å². The van der Waals surface area contributed by atoms with Crippen LogP contribution in [0.2, 0.25) is 0 Å². The molecule has 0 saturated heterocycles. The van der Waals surface area contributed by atoms with Crippen molar-refractivity contribution in [3.63, 3.8) is 0 Å². The van der Waals surface area contributed by atoms with Crippen LogP contribution in [0.15, 0.2) is 0 Å². The second kappa shape index (κ2) is 47.6. The number of imide groups is 1. The fourth-order valence-corrected chi connectivity index (χ4v) is 7.99. The first-order chi connectivity index (χ1) is 28.1. The number of hydrogen-bond acceptors (Lipinski definition) is 7. The molecule has 1 atom stereocenters. The van der Waals surface area contributed by atoms with E-state index in [0.29, 0.717) is 32.6 Å². The molecule has 8 heteroatoms. The van der Waals surface area contributed by atoms with Crippen molar-refractivity contribution in [2.24, 2.45) is 11.5 Å². The number of hydrogen-bond donors (Lipinski definition) is 5. The third-order valence-corrected chi connectivity index (χ3v) is 11.8. The van der Waals surface area contributed by atoms with E-state index in [1.807, 2.05) is 0 Å². The zero-order chi connectivity index (χ0) is 41.5. The Labute approximate surface area is 356 Å². The van der Waals surface area contributed by atoms with Gasteiger partial charge in [0.1, 0.15) is 0 Å². The van der Waals surface area contributed by atoms with E-state index in [9.17, 15) is 9.59 Å². The smallest absolute Gasteiger partial charge is 0.243 e. The number of rotatable bonds is 48. The van der Waals surface area contributed by atoms with E-state index in [4.69, 9.17) is 11.5 Å². The highest BCUT2D eigenvalue weighted by molar-refractivity contribution is 5.98. The van der Waals surface area contributed by atoms with Gasteiger partial charge >= 0.3 is 0 Å². The molecule has 0 aromatic carbocycles. The summed E-state index contributed by atoms with van der Waals surface area (Å²) in [5, 5.41) is 9.50. The Morgan fingerprint density at radius 1 is 0.439 bits per heavy atom. The van der Waals surface area contributed by atoms with Crippen LogP contribution in [-0.4, -0.2) is 75.1 Å². The number of nitrogens with one attached hydrogen (secondary N) is 3. The van der Waals surface area contributed by atoms with E-state index < -0.39 is 0 Å². The van der Waals surface area contributed by atoms with Gasteiger partial charge in [0, 0.05) is 0 Å². The lowest BCUT2D eigenvalue weighted by molar-refractivity contribution is -0.132. The normalized spacial score (nSPS) is 12.2. The third kappa shape index (κ3) is 42.9. The molecule has 0 aliphatic carbocycles. The molecule has 2 amide bonds. The molecule has 0 saturated carbocycles. The van der Waals surface area contributed by atoms with Crippen LogP contribution in [0.1, 0.15) is 245 Å². The molecule has 0 fully saturated rings. The lowest BCUT2D eigenvalue weighted by atomic mass is 10.0. The molecule has 0 spiro atoms. The highest BCUT2D eigenvalue weighted by atomic mass is 16.2. The Kier molecular flexibility index (Phi) is 46.7. The Balaban J connectivity index is 4.53. The number of carbonyl (C=O) groups excluding carboxylic acids is 2. The summed E-state index contributed by atoms with van der Waals surface area (Å²) >= 11 is 0. The van der Waals surface area contributed by atoms with E-state index in [2.05, 4.69) is 34.7 Å². The maximum atomic E-state index is 13.2. The van der Waals surface area contributed by atoms with Gasteiger partial charge in [-0.2, -0.15) is 0 Å². The zero-order valence-corrected chi connectivity index (χ0v) is 38.6. The van der Waals surface area contributed by atoms with E-state index >= 15 is 0 Å². The molecular weight excluding hydrogens is 705 g/mol. The highest BCUT2D eigenvalue weighted by Gasteiger charge is 2.21. The Morgan fingerprint density at radius 3 is 1.14 bits per heavy atom. The molecule has 340 valence electrons. The summed E-state index contributed by atoms with van der Waals surface area (Å²) in [6.45, 7) is 10.4. The van der Waals surface area contributed by atoms with Crippen LogP contribution in [0.5, 0.6) is 0 Å². The van der Waals surface area contributed by atoms with Crippen LogP contribution in [0.4, 0.5) is 0 Å². The predicted octanol–water partition coefficient (Wildman–Crippen LogP) is 11.5. The van der Waals surface area contributed by atoms with Gasteiger partial charge in [-0.3, -0.25) is 19.8 Å². The van der Waals surface area contributed by atoms with Crippen LogP contribution in [0.3, 0.4) is 0 Å². The lowest BCUT2D eigenvalue weighted by Crippen LogP contribution is -2.49. The molecular formula is C49H102N6O2. The summed E-state index contributed by atoms with van der Waals surface area (Å²) in [7, 11) is 0. The maximum absolute atomic E-state index is 13.2. The van der Waals surface area contributed by atoms with Gasteiger partial charge in [0.15, 0.2) is 0 Å². The number of nitrogens with zero attached hydrogens (tertiary/aromatic N) is 1. The molecule has 0 aromatic heterocycles. The Hall–Kier alpha value is -1.06. The third-order valence-electron chi connectivity index (χ3n) is 11.8. The summed E-state index contributed by atoms with van der Waals surface area (Å²) in [4.78, 5) is 28.8. The lowest BCUT2D eigenvalue weighted by Gasteiger charge is -2.23. The topological polar surface area (TPSA) is 126 Å². The van der Waals surface area contributed by atoms with Gasteiger partial charge in [-0.05, 0) is 84.3 Å². The standard InChI is InChI=1S/C49H102N6O2/c1-3-5-7-9-11-13-15-17-19-21-23-25-27-29-31-33-44-55(45-34-32-30-28-26-24-22-20-18-16-14-12-10-8-6-4-2)46-48(56)54-49(57)47(53-43-37-40-51)38-35-41-52-42-36-39-50/h47,52-53H,3-46,50-51H2,1-2H3,(H,54,56,57). The van der Waals surface area contributed by atoms with Crippen LogP contribution in [0, 0.1) is 0 Å². The molecule has 7 N–H and O–H groups in total. The van der Waals surface area contributed by atoms with E-state index in [1.54, 1.807) is 0 Å². The summed E-state index contributed by atoms with van der Waals surface area (Å²) < 4.78 is 0. The number of carbonyl (C=O) groups is 2. The van der Waals surface area contributed by atoms with E-state index in [-0.39, 0.29) is 17.9 Å². The van der Waals surface area contributed by atoms with Crippen LogP contribution < -0.4 is 27.4 Å². The van der Waals surface area contributed by atoms with Crippen molar-refractivity contribution >= 4 is 11.8 Å². The Bertz CT molecular complexity index is 779. The molecule has 0 bridgehead atoms. The molecule has 0 rings (SSSR count). The molecule has 0 aliphatic rings. The molecule has 0 heterocycles. The van der Waals surface area contributed by atoms with Gasteiger partial charge in [0.25, 0.3) is 0 Å². The second-order valence-electron chi connectivity index (χ2n) is 17.5. The van der Waals surface area contributed by atoms with Crippen LogP contribution in [-0.2, 0) is 9.59 Å². The first-order valence-electron chi connectivity index (χ1n) is 25.5. The van der Waals surface area contributed by atoms with Crippen LogP contribution >= 0.6 is 0 Å². The average Bonchev–Trinajstić information content (AvgIpc) is 3.20. The number of unbranched alkanes of at least 4 members (excludes halogenated alkanes) is 30. The summed E-state index contributed by atoms with van der Waals surface area (Å²) in [6, 6.07) is -0.383. The number of nitrogens with two attached hydrogens (primary N) is 2. The fourth-order valence-electron chi connectivity index (χ4n) is 7.99. The van der Waals surface area contributed by atoms with Crippen molar-refractivity contribution in [3.8, 4) is 0 Å². The zero-order valence-electron chi connectivity index (χ0n) is 38.6. The molecule has 0 aromatic rings. The van der Waals surface area contributed by atoms with Crippen LogP contribution in [0.25, 0.3) is 0 Å². The van der Waals surface area contributed by atoms with Gasteiger partial charge in [-0.25, -0.2) is 0 Å². The summed E-state index contributed by atoms with van der Waals surface area (Å²) in [6.07, 6.45) is 46.9. The largest absolute Gasteiger partial charge is 0.330 e. The summed E-state index contributed by atoms with van der Waals surface area (Å²) in [5.41, 5.74) is 11.3. The first-order valence-corrected chi connectivity index (χ1v) is 25.5. The van der Waals surface area contributed by atoms with Gasteiger partial charge in [-0.1, -0.05) is 206 Å². The maximum Gasteiger partial charge on any atom is 0.243 e. The van der Waals surface area contributed by atoms with Crippen molar-refractivity contribution in [1.29, 1.82) is 0 Å². The SMILES string of the molecule is CCCCCCCCCCCCCCCCCCN(CCCCCCCCCCCCCCCCCC)CC(=O)NC(=O)C(CCCNCCCN)NCCCN. The second-order valence-corrected chi connectivity index (χ2v) is 17.5.